The lowest BCUT2D eigenvalue weighted by Gasteiger charge is -2.41. The van der Waals surface area contributed by atoms with Crippen molar-refractivity contribution in [1.29, 1.82) is 0 Å². The zero-order chi connectivity index (χ0) is 13.7. The summed E-state index contributed by atoms with van der Waals surface area (Å²) in [6, 6.07) is 5.08. The highest BCUT2D eigenvalue weighted by Gasteiger charge is 2.31. The smallest absolute Gasteiger partial charge is 0.105 e. The second kappa shape index (κ2) is 6.87. The summed E-state index contributed by atoms with van der Waals surface area (Å²) < 4.78 is 7.12. The minimum Gasteiger partial charge on any atom is -0.367 e. The van der Waals surface area contributed by atoms with Gasteiger partial charge in [-0.05, 0) is 44.1 Å². The monoisotopic (exact) mass is 282 g/mol. The third-order valence-electron chi connectivity index (χ3n) is 4.38. The van der Waals surface area contributed by atoms with E-state index in [4.69, 9.17) is 4.74 Å². The molecule has 0 aliphatic heterocycles. The molecule has 0 radical (unpaired) electrons. The fourth-order valence-corrected chi connectivity index (χ4v) is 3.89. The van der Waals surface area contributed by atoms with Crippen LogP contribution in [0.4, 0.5) is 0 Å². The van der Waals surface area contributed by atoms with Crippen LogP contribution in [-0.4, -0.2) is 37.3 Å². The minimum absolute atomic E-state index is 0.332. The van der Waals surface area contributed by atoms with Gasteiger partial charge < -0.3 is 9.22 Å². The topological polar surface area (TPSA) is 9.23 Å². The first kappa shape index (κ1) is 15.0. The number of likely N-dealkylation sites (N-methyl/N-ethyl adjacent to an activating group) is 1. The highest BCUT2D eigenvalue weighted by molar-refractivity contribution is 7.09. The van der Waals surface area contributed by atoms with Crippen molar-refractivity contribution in [3.8, 4) is 0 Å². The zero-order valence-electron chi connectivity index (χ0n) is 12.6. The first-order chi connectivity index (χ1) is 9.08. The Hall–Kier alpha value is -0.380. The normalized spacial score (nSPS) is 19.5. The highest BCUT2D eigenvalue weighted by atomic mass is 32.1. The fourth-order valence-electron chi connectivity index (χ4n) is 3.26. The molecule has 1 unspecified atom stereocenters. The summed E-state index contributed by atoms with van der Waals surface area (Å²) in [4.78, 5) is 1.33. The van der Waals surface area contributed by atoms with Gasteiger partial charge in [-0.3, -0.25) is 0 Å². The lowest BCUT2D eigenvalue weighted by Crippen LogP contribution is -2.53. The fraction of sp³-hybridized carbons (Fsp3) is 0.750. The molecule has 1 aromatic rings. The molecular weight excluding hydrogens is 254 g/mol. The molecule has 3 heteroatoms. The molecule has 1 saturated carbocycles. The predicted molar refractivity (Wildman–Crippen MR) is 82.4 cm³/mol. The van der Waals surface area contributed by atoms with Crippen LogP contribution in [-0.2, 0) is 11.3 Å². The number of thiophene rings is 1. The maximum atomic E-state index is 6.01. The molecule has 1 atom stereocenters. The summed E-state index contributed by atoms with van der Waals surface area (Å²) in [5.74, 6) is 0. The second-order valence-electron chi connectivity index (χ2n) is 6.45. The van der Waals surface area contributed by atoms with Crippen LogP contribution in [0.15, 0.2) is 17.5 Å². The molecule has 0 saturated heterocycles. The van der Waals surface area contributed by atoms with Crippen molar-refractivity contribution in [2.75, 3.05) is 20.6 Å². The Balaban J connectivity index is 1.77. The van der Waals surface area contributed by atoms with E-state index in [1.165, 1.54) is 37.0 Å². The van der Waals surface area contributed by atoms with Crippen LogP contribution in [0.3, 0.4) is 0 Å². The summed E-state index contributed by atoms with van der Waals surface area (Å²) in [6.07, 6.45) is 7.38. The van der Waals surface area contributed by atoms with Crippen molar-refractivity contribution in [3.63, 3.8) is 0 Å². The minimum atomic E-state index is 0.332. The predicted octanol–water partition coefficient (Wildman–Crippen LogP) is 4.06. The van der Waals surface area contributed by atoms with Gasteiger partial charge in [-0.1, -0.05) is 12.5 Å². The van der Waals surface area contributed by atoms with Gasteiger partial charge in [0.15, 0.2) is 0 Å². The van der Waals surface area contributed by atoms with E-state index in [2.05, 4.69) is 38.5 Å². The lowest BCUT2D eigenvalue weighted by atomic mass is 9.93. The van der Waals surface area contributed by atoms with Crippen molar-refractivity contribution in [3.05, 3.63) is 22.4 Å². The molecule has 2 rings (SSSR count). The third-order valence-corrected chi connectivity index (χ3v) is 5.23. The maximum Gasteiger partial charge on any atom is 0.105 e. The van der Waals surface area contributed by atoms with E-state index in [-0.39, 0.29) is 0 Å². The van der Waals surface area contributed by atoms with Crippen LogP contribution in [0, 0.1) is 0 Å². The van der Waals surface area contributed by atoms with E-state index in [0.717, 1.165) is 23.7 Å². The molecule has 0 N–H and O–H groups in total. The Labute approximate surface area is 122 Å². The largest absolute Gasteiger partial charge is 0.367 e. The van der Waals surface area contributed by atoms with Gasteiger partial charge in [0, 0.05) is 4.88 Å². The molecule has 0 bridgehead atoms. The number of hydrogen-bond acceptors (Lipinski definition) is 2. The highest BCUT2D eigenvalue weighted by Crippen LogP contribution is 2.26. The molecule has 1 aliphatic rings. The van der Waals surface area contributed by atoms with E-state index >= 15 is 0 Å². The summed E-state index contributed by atoms with van der Waals surface area (Å²) in [7, 11) is 4.75. The summed E-state index contributed by atoms with van der Waals surface area (Å²) in [6.45, 7) is 4.11. The Bertz CT molecular complexity index is 355. The zero-order valence-corrected chi connectivity index (χ0v) is 13.4. The lowest BCUT2D eigenvalue weighted by molar-refractivity contribution is -0.919. The van der Waals surface area contributed by atoms with Crippen LogP contribution in [0.1, 0.15) is 43.9 Å². The summed E-state index contributed by atoms with van der Waals surface area (Å²) in [5.41, 5.74) is 0. The molecule has 0 spiro atoms. The third kappa shape index (κ3) is 4.59. The van der Waals surface area contributed by atoms with E-state index in [9.17, 15) is 0 Å². The van der Waals surface area contributed by atoms with Gasteiger partial charge in [0.1, 0.15) is 12.6 Å². The molecule has 2 nitrogen and oxygen atoms in total. The van der Waals surface area contributed by atoms with Gasteiger partial charge >= 0.3 is 0 Å². The Morgan fingerprint density at radius 3 is 2.68 bits per heavy atom. The van der Waals surface area contributed by atoms with Crippen molar-refractivity contribution >= 4 is 11.3 Å². The summed E-state index contributed by atoms with van der Waals surface area (Å²) >= 11 is 1.78. The van der Waals surface area contributed by atoms with Gasteiger partial charge in [0.2, 0.25) is 0 Å². The first-order valence-electron chi connectivity index (χ1n) is 7.54. The average Bonchev–Trinajstić information content (AvgIpc) is 2.90. The van der Waals surface area contributed by atoms with E-state index in [1.54, 1.807) is 11.3 Å². The molecule has 1 aliphatic carbocycles. The van der Waals surface area contributed by atoms with Gasteiger partial charge in [-0.2, -0.15) is 0 Å². The van der Waals surface area contributed by atoms with E-state index in [0.29, 0.717) is 6.10 Å². The molecule has 1 heterocycles. The van der Waals surface area contributed by atoms with E-state index < -0.39 is 0 Å². The van der Waals surface area contributed by atoms with Crippen molar-refractivity contribution < 1.29 is 9.22 Å². The average molecular weight is 282 g/mol. The van der Waals surface area contributed by atoms with Gasteiger partial charge in [-0.15, -0.1) is 11.3 Å². The molecular formula is C16H28NOS+. The molecule has 1 aromatic heterocycles. The number of nitrogens with zero attached hydrogens (tertiary/aromatic N) is 1. The summed E-state index contributed by atoms with van der Waals surface area (Å²) in [5, 5.41) is 2.12. The quantitative estimate of drug-likeness (QED) is 0.715. The van der Waals surface area contributed by atoms with Crippen LogP contribution >= 0.6 is 11.3 Å². The molecule has 19 heavy (non-hydrogen) atoms. The van der Waals surface area contributed by atoms with E-state index in [1.807, 2.05) is 0 Å². The number of ether oxygens (including phenoxy) is 1. The van der Waals surface area contributed by atoms with Crippen molar-refractivity contribution in [2.24, 2.45) is 0 Å². The maximum absolute atomic E-state index is 6.01. The standard InChI is InChI=1S/C16H28NOS/c1-14(18-13-16-10-7-11-19-16)12-17(2,3)15-8-5-4-6-9-15/h7,10-11,14-15H,4-6,8-9,12-13H2,1-3H3/q+1. The Morgan fingerprint density at radius 1 is 1.32 bits per heavy atom. The molecule has 1 fully saturated rings. The van der Waals surface area contributed by atoms with Crippen molar-refractivity contribution in [2.45, 2.75) is 57.8 Å². The van der Waals surface area contributed by atoms with Crippen LogP contribution in [0.2, 0.25) is 0 Å². The SMILES string of the molecule is CC(C[N+](C)(C)C1CCCCC1)OCc1cccs1. The van der Waals surface area contributed by atoms with Gasteiger partial charge in [-0.25, -0.2) is 0 Å². The van der Waals surface area contributed by atoms with Gasteiger partial charge in [0.05, 0.1) is 26.7 Å². The number of quaternary nitrogens is 1. The van der Waals surface area contributed by atoms with Crippen molar-refractivity contribution in [1.82, 2.24) is 0 Å². The van der Waals surface area contributed by atoms with Crippen LogP contribution in [0.25, 0.3) is 0 Å². The molecule has 0 amide bonds. The van der Waals surface area contributed by atoms with Crippen LogP contribution < -0.4 is 0 Å². The number of hydrogen-bond donors (Lipinski definition) is 0. The Morgan fingerprint density at radius 2 is 2.05 bits per heavy atom. The Kier molecular flexibility index (Phi) is 5.43. The molecule has 108 valence electrons. The second-order valence-corrected chi connectivity index (χ2v) is 7.49. The first-order valence-corrected chi connectivity index (χ1v) is 8.42. The van der Waals surface area contributed by atoms with Crippen LogP contribution in [0.5, 0.6) is 0 Å². The molecule has 0 aromatic carbocycles. The van der Waals surface area contributed by atoms with Gasteiger partial charge in [0.25, 0.3) is 0 Å². The number of rotatable bonds is 6.